The van der Waals surface area contributed by atoms with E-state index in [1.807, 2.05) is 0 Å². The topological polar surface area (TPSA) is 63.9 Å². The zero-order chi connectivity index (χ0) is 19.5. The molecule has 4 rings (SSSR count). The van der Waals surface area contributed by atoms with E-state index in [1.165, 1.54) is 5.56 Å². The number of ether oxygens (including phenoxy) is 2. The minimum atomic E-state index is 0.0399. The zero-order valence-corrected chi connectivity index (χ0v) is 16.8. The zero-order valence-electron chi connectivity index (χ0n) is 16.8. The van der Waals surface area contributed by atoms with Crippen molar-refractivity contribution < 1.29 is 18.7 Å². The highest BCUT2D eigenvalue weighted by Gasteiger charge is 2.31. The van der Waals surface area contributed by atoms with Gasteiger partial charge in [0.1, 0.15) is 5.58 Å². The van der Waals surface area contributed by atoms with Gasteiger partial charge in [-0.3, -0.25) is 9.69 Å². The molecule has 0 saturated carbocycles. The summed E-state index contributed by atoms with van der Waals surface area (Å²) < 4.78 is 16.8. The molecule has 1 N–H and O–H groups in total. The Labute approximate surface area is 166 Å². The first-order valence-corrected chi connectivity index (χ1v) is 10.3. The number of benzene rings is 1. The van der Waals surface area contributed by atoms with E-state index in [2.05, 4.69) is 36.2 Å². The van der Waals surface area contributed by atoms with Crippen LogP contribution in [0.3, 0.4) is 0 Å². The van der Waals surface area contributed by atoms with Gasteiger partial charge in [-0.15, -0.1) is 0 Å². The number of furan rings is 1. The number of rotatable bonds is 6. The number of aryl methyl sites for hydroxylation is 2. The van der Waals surface area contributed by atoms with Gasteiger partial charge < -0.3 is 19.2 Å². The van der Waals surface area contributed by atoms with Crippen LogP contribution < -0.4 is 5.32 Å². The summed E-state index contributed by atoms with van der Waals surface area (Å²) in [7, 11) is 0. The third-order valence-electron chi connectivity index (χ3n) is 6.22. The van der Waals surface area contributed by atoms with Crippen molar-refractivity contribution in [1.29, 1.82) is 0 Å². The van der Waals surface area contributed by atoms with E-state index in [4.69, 9.17) is 13.9 Å². The standard InChI is InChI=1S/C22H30N2O4/c1-15-3-4-19-18(14-28-22(19)16(15)2)11-21(25)23-12-20(17-5-8-27-13-17)24-6-9-26-10-7-24/h3-4,14,17,20H,5-13H2,1-2H3,(H,23,25). The fraction of sp³-hybridized carbons (Fsp3) is 0.591. The lowest BCUT2D eigenvalue weighted by atomic mass is 9.96. The Bertz CT molecular complexity index is 819. The van der Waals surface area contributed by atoms with Crippen molar-refractivity contribution in [3.8, 4) is 0 Å². The first kappa shape index (κ1) is 19.4. The third-order valence-corrected chi connectivity index (χ3v) is 6.22. The number of hydrogen-bond acceptors (Lipinski definition) is 5. The normalized spacial score (nSPS) is 21.9. The Morgan fingerprint density at radius 2 is 2.04 bits per heavy atom. The lowest BCUT2D eigenvalue weighted by Gasteiger charge is -2.37. The van der Waals surface area contributed by atoms with Crippen LogP contribution in [0.4, 0.5) is 0 Å². The predicted molar refractivity (Wildman–Crippen MR) is 108 cm³/mol. The maximum Gasteiger partial charge on any atom is 0.224 e. The monoisotopic (exact) mass is 386 g/mol. The summed E-state index contributed by atoms with van der Waals surface area (Å²) in [6, 6.07) is 4.45. The van der Waals surface area contributed by atoms with E-state index in [1.54, 1.807) is 6.26 Å². The maximum absolute atomic E-state index is 12.7. The van der Waals surface area contributed by atoms with Crippen molar-refractivity contribution in [3.05, 3.63) is 35.1 Å². The average Bonchev–Trinajstić information content (AvgIpc) is 3.37. The molecule has 28 heavy (non-hydrogen) atoms. The molecule has 2 aromatic rings. The number of carbonyl (C=O) groups excluding carboxylic acids is 1. The molecule has 1 amide bonds. The van der Waals surface area contributed by atoms with Gasteiger partial charge in [-0.2, -0.15) is 0 Å². The Kier molecular flexibility index (Phi) is 5.99. The number of amides is 1. The Morgan fingerprint density at radius 3 is 2.79 bits per heavy atom. The SMILES string of the molecule is Cc1ccc2c(CC(=O)NCC(C3CCOC3)N3CCOCC3)coc2c1C. The molecular formula is C22H30N2O4. The van der Waals surface area contributed by atoms with E-state index in [0.717, 1.165) is 68.0 Å². The van der Waals surface area contributed by atoms with E-state index in [0.29, 0.717) is 24.9 Å². The van der Waals surface area contributed by atoms with Crippen LogP contribution in [-0.4, -0.2) is 62.9 Å². The highest BCUT2D eigenvalue weighted by atomic mass is 16.5. The number of nitrogens with zero attached hydrogens (tertiary/aromatic N) is 1. The van der Waals surface area contributed by atoms with Gasteiger partial charge in [0.2, 0.25) is 5.91 Å². The Morgan fingerprint density at radius 1 is 1.21 bits per heavy atom. The van der Waals surface area contributed by atoms with Crippen molar-refractivity contribution >= 4 is 16.9 Å². The second kappa shape index (κ2) is 8.64. The first-order valence-electron chi connectivity index (χ1n) is 10.3. The molecule has 152 valence electrons. The van der Waals surface area contributed by atoms with Gasteiger partial charge >= 0.3 is 0 Å². The van der Waals surface area contributed by atoms with Gasteiger partial charge in [0, 0.05) is 49.2 Å². The largest absolute Gasteiger partial charge is 0.464 e. The van der Waals surface area contributed by atoms with E-state index in [9.17, 15) is 4.79 Å². The van der Waals surface area contributed by atoms with Gasteiger partial charge in [-0.25, -0.2) is 0 Å². The lowest BCUT2D eigenvalue weighted by Crippen LogP contribution is -2.52. The van der Waals surface area contributed by atoms with Gasteiger partial charge in [0.15, 0.2) is 0 Å². The summed E-state index contributed by atoms with van der Waals surface area (Å²) >= 11 is 0. The summed E-state index contributed by atoms with van der Waals surface area (Å²) in [6.45, 7) is 9.74. The minimum Gasteiger partial charge on any atom is -0.464 e. The predicted octanol–water partition coefficient (Wildman–Crippen LogP) is 2.45. The molecule has 3 heterocycles. The van der Waals surface area contributed by atoms with Crippen molar-refractivity contribution in [2.75, 3.05) is 46.1 Å². The summed E-state index contributed by atoms with van der Waals surface area (Å²) in [6.07, 6.45) is 3.12. The maximum atomic E-state index is 12.7. The summed E-state index contributed by atoms with van der Waals surface area (Å²) in [4.78, 5) is 15.1. The molecule has 6 nitrogen and oxygen atoms in total. The average molecular weight is 386 g/mol. The van der Waals surface area contributed by atoms with E-state index >= 15 is 0 Å². The molecule has 2 aliphatic heterocycles. The molecule has 2 atom stereocenters. The highest BCUT2D eigenvalue weighted by Crippen LogP contribution is 2.27. The van der Waals surface area contributed by atoms with Crippen LogP contribution in [0.2, 0.25) is 0 Å². The van der Waals surface area contributed by atoms with Crippen molar-refractivity contribution in [1.82, 2.24) is 10.2 Å². The Balaban J connectivity index is 1.40. The molecule has 6 heteroatoms. The second-order valence-corrected chi connectivity index (χ2v) is 7.97. The fourth-order valence-corrected chi connectivity index (χ4v) is 4.34. The lowest BCUT2D eigenvalue weighted by molar-refractivity contribution is -0.120. The molecule has 0 radical (unpaired) electrons. The van der Waals surface area contributed by atoms with Crippen LogP contribution in [-0.2, 0) is 20.7 Å². The number of carbonyl (C=O) groups is 1. The van der Waals surface area contributed by atoms with Crippen LogP contribution >= 0.6 is 0 Å². The van der Waals surface area contributed by atoms with Crippen LogP contribution in [0.5, 0.6) is 0 Å². The second-order valence-electron chi connectivity index (χ2n) is 7.97. The molecule has 0 spiro atoms. The van der Waals surface area contributed by atoms with E-state index < -0.39 is 0 Å². The van der Waals surface area contributed by atoms with Gasteiger partial charge in [0.25, 0.3) is 0 Å². The molecule has 0 aliphatic carbocycles. The highest BCUT2D eigenvalue weighted by molar-refractivity contribution is 5.89. The van der Waals surface area contributed by atoms with Crippen molar-refractivity contribution in [2.45, 2.75) is 32.7 Å². The minimum absolute atomic E-state index is 0.0399. The Hall–Kier alpha value is -1.89. The van der Waals surface area contributed by atoms with Crippen LogP contribution in [0.1, 0.15) is 23.1 Å². The van der Waals surface area contributed by atoms with Gasteiger partial charge in [-0.1, -0.05) is 12.1 Å². The molecule has 1 aromatic heterocycles. The third kappa shape index (κ3) is 4.09. The smallest absolute Gasteiger partial charge is 0.224 e. The number of hydrogen-bond donors (Lipinski definition) is 1. The molecule has 1 aromatic carbocycles. The number of morpholine rings is 1. The van der Waals surface area contributed by atoms with E-state index in [-0.39, 0.29) is 5.91 Å². The number of fused-ring (bicyclic) bond motifs is 1. The summed E-state index contributed by atoms with van der Waals surface area (Å²) in [5.74, 6) is 0.511. The molecular weight excluding hydrogens is 356 g/mol. The number of nitrogens with one attached hydrogen (secondary N) is 1. The van der Waals surface area contributed by atoms with Crippen molar-refractivity contribution in [3.63, 3.8) is 0 Å². The van der Waals surface area contributed by atoms with Crippen LogP contribution in [0, 0.1) is 19.8 Å². The quantitative estimate of drug-likeness (QED) is 0.826. The van der Waals surface area contributed by atoms with Gasteiger partial charge in [0.05, 0.1) is 32.5 Å². The van der Waals surface area contributed by atoms with Crippen LogP contribution in [0.15, 0.2) is 22.8 Å². The summed E-state index contributed by atoms with van der Waals surface area (Å²) in [5.41, 5.74) is 4.17. The summed E-state index contributed by atoms with van der Waals surface area (Å²) in [5, 5.41) is 4.20. The first-order chi connectivity index (χ1) is 13.6. The van der Waals surface area contributed by atoms with Gasteiger partial charge in [-0.05, 0) is 31.4 Å². The fourth-order valence-electron chi connectivity index (χ4n) is 4.34. The molecule has 2 unspecified atom stereocenters. The molecule has 2 fully saturated rings. The molecule has 0 bridgehead atoms. The molecule has 2 saturated heterocycles. The molecule has 2 aliphatic rings. The van der Waals surface area contributed by atoms with Crippen molar-refractivity contribution in [2.24, 2.45) is 5.92 Å². The van der Waals surface area contributed by atoms with Crippen LogP contribution in [0.25, 0.3) is 11.0 Å².